The molecule has 8 aromatic carbocycles. The van der Waals surface area contributed by atoms with Gasteiger partial charge in [-0.1, -0.05) is 46.3 Å². The first-order chi connectivity index (χ1) is 17.4. The molecule has 2 nitrogen and oxygen atoms in total. The number of benzene rings is 8. The van der Waals surface area contributed by atoms with E-state index in [0.29, 0.717) is 16.2 Å². The van der Waals surface area contributed by atoms with E-state index in [1.807, 2.05) is 48.5 Å². The van der Waals surface area contributed by atoms with Crippen LogP contribution in [0.2, 0.25) is 0 Å². The van der Waals surface area contributed by atoms with Crippen LogP contribution in [0.1, 0.15) is 0 Å². The molecule has 0 aromatic heterocycles. The topological polar surface area (TPSA) is 34.1 Å². The van der Waals surface area contributed by atoms with E-state index in [1.165, 1.54) is 0 Å². The fourth-order valence-corrected chi connectivity index (χ4v) is 8.14. The third-order valence-electron chi connectivity index (χ3n) is 7.55. The van der Waals surface area contributed by atoms with Crippen molar-refractivity contribution in [1.29, 1.82) is 0 Å². The highest BCUT2D eigenvalue weighted by molar-refractivity contribution is 9.13. The van der Waals surface area contributed by atoms with Gasteiger partial charge < -0.3 is 0 Å². The van der Waals surface area contributed by atoms with Crippen LogP contribution in [0.3, 0.4) is 0 Å². The molecule has 170 valence electrons. The minimum absolute atomic E-state index is 0.0245. The van der Waals surface area contributed by atoms with Gasteiger partial charge in [-0.3, -0.25) is 9.59 Å². The van der Waals surface area contributed by atoms with E-state index in [9.17, 15) is 9.59 Å². The van der Waals surface area contributed by atoms with E-state index in [0.717, 1.165) is 77.1 Å². The van der Waals surface area contributed by atoms with Gasteiger partial charge in [0.15, 0.2) is 10.9 Å². The van der Waals surface area contributed by atoms with Crippen molar-refractivity contribution in [3.05, 3.63) is 99.0 Å². The lowest BCUT2D eigenvalue weighted by atomic mass is 9.84. The van der Waals surface area contributed by atoms with Crippen LogP contribution in [0.4, 0.5) is 0 Å². The first-order valence-corrected chi connectivity index (χ1v) is 14.4. The molecule has 0 fully saturated rings. The van der Waals surface area contributed by atoms with Gasteiger partial charge in [-0.15, -0.1) is 0 Å². The van der Waals surface area contributed by atoms with Crippen molar-refractivity contribution in [2.75, 3.05) is 0 Å². The Balaban J connectivity index is 1.82. The fourth-order valence-electron chi connectivity index (χ4n) is 6.12. The number of hydrogen-bond acceptors (Lipinski definition) is 2. The third-order valence-corrected chi connectivity index (χ3v) is 10.8. The SMILES string of the molecule is O=c1c2ccccc2c2cc3cc(Br)c4c(=O)c5c(Br)c(Br)ccc5c5cc6c(Br)cc1c2c6c3c45. The second-order valence-electron chi connectivity index (χ2n) is 9.25. The van der Waals surface area contributed by atoms with Gasteiger partial charge in [0.2, 0.25) is 0 Å². The monoisotopic (exact) mass is 718 g/mol. The summed E-state index contributed by atoms with van der Waals surface area (Å²) in [6.45, 7) is 0. The minimum Gasteiger partial charge on any atom is -0.289 e. The highest BCUT2D eigenvalue weighted by atomic mass is 79.9. The minimum atomic E-state index is -0.0245. The van der Waals surface area contributed by atoms with Crippen molar-refractivity contribution in [3.8, 4) is 0 Å². The zero-order valence-corrected chi connectivity index (χ0v) is 24.4. The molecule has 0 saturated carbocycles. The zero-order chi connectivity index (χ0) is 24.6. The molecule has 8 rings (SSSR count). The predicted molar refractivity (Wildman–Crippen MR) is 166 cm³/mol. The lowest BCUT2D eigenvalue weighted by molar-refractivity contribution is 1.64. The maximum atomic E-state index is 14.0. The molecule has 0 aliphatic carbocycles. The summed E-state index contributed by atoms with van der Waals surface area (Å²) in [4.78, 5) is 27.6. The maximum Gasteiger partial charge on any atom is 0.196 e. The average Bonchev–Trinajstić information content (AvgIpc) is 2.87. The summed E-state index contributed by atoms with van der Waals surface area (Å²) in [5, 5.41) is 12.6. The summed E-state index contributed by atoms with van der Waals surface area (Å²) in [6.07, 6.45) is 0. The van der Waals surface area contributed by atoms with Crippen LogP contribution in [0.25, 0.3) is 75.4 Å². The van der Waals surface area contributed by atoms with Gasteiger partial charge in [0.1, 0.15) is 0 Å². The predicted octanol–water partition coefficient (Wildman–Crippen LogP) is 9.84. The first kappa shape index (κ1) is 21.7. The van der Waals surface area contributed by atoms with E-state index in [4.69, 9.17) is 0 Å². The molecule has 0 amide bonds. The quantitative estimate of drug-likeness (QED) is 0.115. The molecule has 0 saturated heterocycles. The normalized spacial score (nSPS) is 12.7. The maximum absolute atomic E-state index is 14.0. The van der Waals surface area contributed by atoms with Gasteiger partial charge in [0.05, 0.1) is 0 Å². The molecule has 36 heavy (non-hydrogen) atoms. The van der Waals surface area contributed by atoms with Crippen LogP contribution < -0.4 is 10.9 Å². The van der Waals surface area contributed by atoms with E-state index in [1.54, 1.807) is 0 Å². The average molecular weight is 722 g/mol. The Morgan fingerprint density at radius 3 is 1.94 bits per heavy atom. The fraction of sp³-hybridized carbons (Fsp3) is 0. The van der Waals surface area contributed by atoms with Gasteiger partial charge in [-0.2, -0.15) is 0 Å². The van der Waals surface area contributed by atoms with Crippen LogP contribution >= 0.6 is 63.7 Å². The molecule has 0 atom stereocenters. The number of hydrogen-bond donors (Lipinski definition) is 0. The van der Waals surface area contributed by atoms with E-state index < -0.39 is 0 Å². The molecule has 0 radical (unpaired) electrons. The highest BCUT2D eigenvalue weighted by Gasteiger charge is 2.24. The Morgan fingerprint density at radius 1 is 0.417 bits per heavy atom. The standard InChI is InChI=1S/C30H10Br4O2/c31-19-6-5-13-16-9-17-20(32)10-18-23-15(12-3-1-2-4-14(12)29(18)35)7-11-8-21(33)27(24(16)22(11)25(17)23)30(36)26(13)28(19)34/h1-10H. The summed E-state index contributed by atoms with van der Waals surface area (Å²) < 4.78 is 3.22. The lowest BCUT2D eigenvalue weighted by Gasteiger charge is -2.20. The molecule has 0 heterocycles. The summed E-state index contributed by atoms with van der Waals surface area (Å²) >= 11 is 14.8. The number of halogens is 4. The zero-order valence-electron chi connectivity index (χ0n) is 18.1. The van der Waals surface area contributed by atoms with Crippen molar-refractivity contribution >= 4 is 139 Å². The lowest BCUT2D eigenvalue weighted by Crippen LogP contribution is -2.07. The van der Waals surface area contributed by atoms with Crippen LogP contribution in [0, 0.1) is 0 Å². The van der Waals surface area contributed by atoms with E-state index >= 15 is 0 Å². The van der Waals surface area contributed by atoms with Crippen molar-refractivity contribution in [1.82, 2.24) is 0 Å². The molecule has 0 aliphatic rings. The molecular formula is C30H10Br4O2. The molecule has 6 heteroatoms. The summed E-state index contributed by atoms with van der Waals surface area (Å²) in [7, 11) is 0. The highest BCUT2D eigenvalue weighted by Crippen LogP contribution is 2.49. The molecule has 0 N–H and O–H groups in total. The third kappa shape index (κ3) is 2.47. The van der Waals surface area contributed by atoms with Gasteiger partial charge in [0.25, 0.3) is 0 Å². The Bertz CT molecular complexity index is 2400. The number of rotatable bonds is 0. The van der Waals surface area contributed by atoms with Crippen LogP contribution in [-0.4, -0.2) is 0 Å². The largest absolute Gasteiger partial charge is 0.289 e. The van der Waals surface area contributed by atoms with Gasteiger partial charge in [-0.05, 0) is 121 Å². The molecule has 0 aliphatic heterocycles. The molecule has 0 unspecified atom stereocenters. The summed E-state index contributed by atoms with van der Waals surface area (Å²) in [6, 6.07) is 20.1. The van der Waals surface area contributed by atoms with Crippen LogP contribution in [0.15, 0.2) is 88.1 Å². The van der Waals surface area contributed by atoms with Crippen LogP contribution in [0.5, 0.6) is 0 Å². The van der Waals surface area contributed by atoms with Crippen molar-refractivity contribution < 1.29 is 0 Å². The Morgan fingerprint density at radius 2 is 1.14 bits per heavy atom. The second-order valence-corrected chi connectivity index (χ2v) is 12.6. The van der Waals surface area contributed by atoms with Crippen molar-refractivity contribution in [2.24, 2.45) is 0 Å². The second kappa shape index (κ2) is 7.13. The molecule has 0 bridgehead atoms. The van der Waals surface area contributed by atoms with Gasteiger partial charge >= 0.3 is 0 Å². The number of fused-ring (bicyclic) bond motifs is 4. The van der Waals surface area contributed by atoms with E-state index in [-0.39, 0.29) is 10.9 Å². The van der Waals surface area contributed by atoms with Gasteiger partial charge in [-0.25, -0.2) is 0 Å². The van der Waals surface area contributed by atoms with E-state index in [2.05, 4.69) is 75.9 Å². The first-order valence-electron chi connectivity index (χ1n) is 11.2. The molecular weight excluding hydrogens is 712 g/mol. The molecule has 0 spiro atoms. The Kier molecular flexibility index (Phi) is 4.30. The van der Waals surface area contributed by atoms with Crippen molar-refractivity contribution in [2.45, 2.75) is 0 Å². The van der Waals surface area contributed by atoms with Gasteiger partial charge in [0, 0.05) is 50.2 Å². The Labute approximate surface area is 236 Å². The smallest absolute Gasteiger partial charge is 0.196 e. The van der Waals surface area contributed by atoms with Crippen LogP contribution in [-0.2, 0) is 0 Å². The summed E-state index contributed by atoms with van der Waals surface area (Å²) in [5.41, 5.74) is 0.00386. The Hall–Kier alpha value is -2.38. The molecule has 8 aromatic rings. The van der Waals surface area contributed by atoms with Crippen molar-refractivity contribution in [3.63, 3.8) is 0 Å². The summed E-state index contributed by atoms with van der Waals surface area (Å²) in [5.74, 6) is 0.